The summed E-state index contributed by atoms with van der Waals surface area (Å²) >= 11 is 0. The molecule has 0 atom stereocenters. The van der Waals surface area contributed by atoms with E-state index in [2.05, 4.69) is 0 Å². The van der Waals surface area contributed by atoms with Crippen LogP contribution in [0.3, 0.4) is 0 Å². The summed E-state index contributed by atoms with van der Waals surface area (Å²) in [5, 5.41) is 0. The molecule has 4 rings (SSSR count). The highest BCUT2D eigenvalue weighted by atomic mass is 19.1. The van der Waals surface area contributed by atoms with Gasteiger partial charge in [-0.05, 0) is 59.4 Å². The molecular weight excluding hydrogens is 390 g/mol. The normalized spacial score (nSPS) is 11.0. The standard InChI is InChI=1S/C28H24F2O/c1-19-9-3-5-13-23(19)27-21(11-7-15-25(27)29)17-31-18-22-12-8-16-26(30)28(22)24-14-6-4-10-20(24)2/h3-16H,17-18H2,1-2H3. The lowest BCUT2D eigenvalue weighted by atomic mass is 9.95. The SMILES string of the molecule is Cc1ccccc1-c1c(F)cccc1COCc1cccc(F)c1-c1ccccc1C. The lowest BCUT2D eigenvalue weighted by Gasteiger charge is -2.16. The first-order chi connectivity index (χ1) is 15.1. The number of ether oxygens (including phenoxy) is 1. The first kappa shape index (κ1) is 21.0. The van der Waals surface area contributed by atoms with Gasteiger partial charge in [0, 0.05) is 11.1 Å². The summed E-state index contributed by atoms with van der Waals surface area (Å²) < 4.78 is 35.5. The second-order valence-corrected chi connectivity index (χ2v) is 7.67. The molecule has 0 fully saturated rings. The van der Waals surface area contributed by atoms with Crippen molar-refractivity contribution in [3.63, 3.8) is 0 Å². The van der Waals surface area contributed by atoms with E-state index in [0.717, 1.165) is 33.4 Å². The van der Waals surface area contributed by atoms with Gasteiger partial charge in [0.15, 0.2) is 0 Å². The van der Waals surface area contributed by atoms with Gasteiger partial charge in [0.1, 0.15) is 11.6 Å². The van der Waals surface area contributed by atoms with Crippen LogP contribution in [0.15, 0.2) is 84.9 Å². The first-order valence-electron chi connectivity index (χ1n) is 10.3. The van der Waals surface area contributed by atoms with Gasteiger partial charge in [-0.1, -0.05) is 72.8 Å². The molecule has 31 heavy (non-hydrogen) atoms. The van der Waals surface area contributed by atoms with Crippen LogP contribution in [0.2, 0.25) is 0 Å². The van der Waals surface area contributed by atoms with Crippen molar-refractivity contribution in [2.24, 2.45) is 0 Å². The molecule has 0 amide bonds. The molecule has 3 heteroatoms. The van der Waals surface area contributed by atoms with Gasteiger partial charge in [0.05, 0.1) is 13.2 Å². The molecule has 0 aliphatic heterocycles. The molecule has 0 N–H and O–H groups in total. The Labute approximate surface area is 182 Å². The average molecular weight is 414 g/mol. The molecule has 0 saturated carbocycles. The smallest absolute Gasteiger partial charge is 0.131 e. The number of benzene rings is 4. The van der Waals surface area contributed by atoms with Crippen molar-refractivity contribution in [1.82, 2.24) is 0 Å². The number of rotatable bonds is 6. The molecule has 4 aromatic carbocycles. The van der Waals surface area contributed by atoms with E-state index < -0.39 is 0 Å². The van der Waals surface area contributed by atoms with E-state index in [9.17, 15) is 8.78 Å². The van der Waals surface area contributed by atoms with Crippen molar-refractivity contribution < 1.29 is 13.5 Å². The summed E-state index contributed by atoms with van der Waals surface area (Å²) in [5.41, 5.74) is 6.35. The second kappa shape index (κ2) is 9.23. The summed E-state index contributed by atoms with van der Waals surface area (Å²) in [6.45, 7) is 4.39. The Morgan fingerprint density at radius 1 is 0.548 bits per heavy atom. The fraction of sp³-hybridized carbons (Fsp3) is 0.143. The van der Waals surface area contributed by atoms with Gasteiger partial charge < -0.3 is 4.74 Å². The van der Waals surface area contributed by atoms with Crippen molar-refractivity contribution >= 4 is 0 Å². The van der Waals surface area contributed by atoms with Crippen LogP contribution in [0.1, 0.15) is 22.3 Å². The van der Waals surface area contributed by atoms with Gasteiger partial charge in [0.25, 0.3) is 0 Å². The summed E-state index contributed by atoms with van der Waals surface area (Å²) in [7, 11) is 0. The van der Waals surface area contributed by atoms with E-state index in [0.29, 0.717) is 11.1 Å². The topological polar surface area (TPSA) is 9.23 Å². The van der Waals surface area contributed by atoms with E-state index in [-0.39, 0.29) is 24.8 Å². The van der Waals surface area contributed by atoms with Crippen molar-refractivity contribution in [3.05, 3.63) is 119 Å². The molecule has 0 bridgehead atoms. The summed E-state index contributed by atoms with van der Waals surface area (Å²) in [4.78, 5) is 0. The Balaban J connectivity index is 1.61. The Bertz CT molecular complexity index is 1120. The molecule has 0 unspecified atom stereocenters. The van der Waals surface area contributed by atoms with Crippen LogP contribution >= 0.6 is 0 Å². The van der Waals surface area contributed by atoms with Crippen molar-refractivity contribution in [1.29, 1.82) is 0 Å². The van der Waals surface area contributed by atoms with Crippen LogP contribution in [0.25, 0.3) is 22.3 Å². The predicted octanol–water partition coefficient (Wildman–Crippen LogP) is 7.63. The fourth-order valence-electron chi connectivity index (χ4n) is 3.96. The van der Waals surface area contributed by atoms with Gasteiger partial charge in [-0.25, -0.2) is 8.78 Å². The van der Waals surface area contributed by atoms with Crippen LogP contribution < -0.4 is 0 Å². The molecule has 0 heterocycles. The zero-order valence-electron chi connectivity index (χ0n) is 17.7. The van der Waals surface area contributed by atoms with Gasteiger partial charge in [-0.2, -0.15) is 0 Å². The fourth-order valence-corrected chi connectivity index (χ4v) is 3.96. The lowest BCUT2D eigenvalue weighted by molar-refractivity contribution is 0.107. The van der Waals surface area contributed by atoms with Gasteiger partial charge in [-0.15, -0.1) is 0 Å². The van der Waals surface area contributed by atoms with Crippen LogP contribution in [-0.2, 0) is 18.0 Å². The minimum absolute atomic E-state index is 0.227. The molecule has 4 aromatic rings. The largest absolute Gasteiger partial charge is 0.372 e. The molecule has 0 spiro atoms. The molecule has 1 nitrogen and oxygen atoms in total. The maximum atomic E-state index is 14.7. The quantitative estimate of drug-likeness (QED) is 0.315. The highest BCUT2D eigenvalue weighted by Crippen LogP contribution is 2.32. The average Bonchev–Trinajstić information content (AvgIpc) is 2.76. The molecule has 0 saturated heterocycles. The maximum Gasteiger partial charge on any atom is 0.131 e. The molecule has 0 aliphatic carbocycles. The summed E-state index contributed by atoms with van der Waals surface area (Å²) in [5.74, 6) is -0.552. The zero-order chi connectivity index (χ0) is 21.8. The van der Waals surface area contributed by atoms with E-state index in [1.54, 1.807) is 12.1 Å². The van der Waals surface area contributed by atoms with Crippen molar-refractivity contribution in [2.75, 3.05) is 0 Å². The highest BCUT2D eigenvalue weighted by Gasteiger charge is 2.15. The Kier molecular flexibility index (Phi) is 6.24. The highest BCUT2D eigenvalue weighted by molar-refractivity contribution is 5.72. The molecule has 0 aliphatic rings. The monoisotopic (exact) mass is 414 g/mol. The van der Waals surface area contributed by atoms with E-state index >= 15 is 0 Å². The first-order valence-corrected chi connectivity index (χ1v) is 10.3. The summed E-state index contributed by atoms with van der Waals surface area (Å²) in [6, 6.07) is 25.5. The van der Waals surface area contributed by atoms with E-state index in [4.69, 9.17) is 4.74 Å². The predicted molar refractivity (Wildman–Crippen MR) is 122 cm³/mol. The van der Waals surface area contributed by atoms with Crippen LogP contribution in [0.4, 0.5) is 8.78 Å². The number of halogens is 2. The van der Waals surface area contributed by atoms with Crippen molar-refractivity contribution in [3.8, 4) is 22.3 Å². The second-order valence-electron chi connectivity index (χ2n) is 7.67. The van der Waals surface area contributed by atoms with Gasteiger partial charge >= 0.3 is 0 Å². The third-order valence-electron chi connectivity index (χ3n) is 5.54. The minimum atomic E-state index is -0.276. The number of aryl methyl sites for hydroxylation is 2. The Morgan fingerprint density at radius 3 is 1.39 bits per heavy atom. The van der Waals surface area contributed by atoms with E-state index in [1.165, 1.54) is 12.1 Å². The third kappa shape index (κ3) is 4.42. The van der Waals surface area contributed by atoms with Gasteiger partial charge in [-0.3, -0.25) is 0 Å². The minimum Gasteiger partial charge on any atom is -0.372 e. The van der Waals surface area contributed by atoms with Crippen LogP contribution in [-0.4, -0.2) is 0 Å². The van der Waals surface area contributed by atoms with E-state index in [1.807, 2.05) is 74.5 Å². The van der Waals surface area contributed by atoms with Gasteiger partial charge in [0.2, 0.25) is 0 Å². The number of hydrogen-bond donors (Lipinski definition) is 0. The van der Waals surface area contributed by atoms with Crippen LogP contribution in [0, 0.1) is 25.5 Å². The Hall–Kier alpha value is -3.30. The zero-order valence-corrected chi connectivity index (χ0v) is 17.7. The van der Waals surface area contributed by atoms with Crippen molar-refractivity contribution in [2.45, 2.75) is 27.1 Å². The molecular formula is C28H24F2O. The maximum absolute atomic E-state index is 14.7. The molecule has 156 valence electrons. The Morgan fingerprint density at radius 2 is 0.968 bits per heavy atom. The summed E-state index contributed by atoms with van der Waals surface area (Å²) in [6.07, 6.45) is 0. The molecule has 0 radical (unpaired) electrons. The van der Waals surface area contributed by atoms with Crippen LogP contribution in [0.5, 0.6) is 0 Å². The number of hydrogen-bond acceptors (Lipinski definition) is 1. The molecule has 0 aromatic heterocycles. The third-order valence-corrected chi connectivity index (χ3v) is 5.54. The lowest BCUT2D eigenvalue weighted by Crippen LogP contribution is -2.02.